The molecule has 0 saturated heterocycles. The summed E-state index contributed by atoms with van der Waals surface area (Å²) in [5.74, 6) is 0.914. The standard InChI is InChI=1S/C11H18N2O2/c1-12-7-10(14)9-6-11(15-2)8-4-3-5-13(8)9/h6,10,12,14H,3-5,7H2,1-2H3. The molecule has 0 spiro atoms. The van der Waals surface area contributed by atoms with Gasteiger partial charge in [-0.25, -0.2) is 0 Å². The highest BCUT2D eigenvalue weighted by atomic mass is 16.5. The number of likely N-dealkylation sites (N-methyl/N-ethyl adjacent to an activating group) is 1. The summed E-state index contributed by atoms with van der Waals surface area (Å²) in [6.45, 7) is 1.57. The molecule has 1 atom stereocenters. The van der Waals surface area contributed by atoms with Gasteiger partial charge in [0.1, 0.15) is 11.9 Å². The number of rotatable bonds is 4. The first-order valence-corrected chi connectivity index (χ1v) is 5.37. The SMILES string of the molecule is CNCC(O)c1cc(OC)c2n1CCC2. The van der Waals surface area contributed by atoms with E-state index in [0.717, 1.165) is 30.8 Å². The van der Waals surface area contributed by atoms with Gasteiger partial charge in [-0.15, -0.1) is 0 Å². The van der Waals surface area contributed by atoms with Gasteiger partial charge in [-0.05, 0) is 19.9 Å². The van der Waals surface area contributed by atoms with Crippen LogP contribution in [-0.4, -0.2) is 30.4 Å². The molecular formula is C11H18N2O2. The zero-order valence-corrected chi connectivity index (χ0v) is 9.29. The zero-order chi connectivity index (χ0) is 10.8. The van der Waals surface area contributed by atoms with Crippen molar-refractivity contribution in [3.63, 3.8) is 0 Å². The number of methoxy groups -OCH3 is 1. The highest BCUT2D eigenvalue weighted by molar-refractivity contribution is 5.37. The summed E-state index contributed by atoms with van der Waals surface area (Å²) < 4.78 is 7.50. The third-order valence-electron chi connectivity index (χ3n) is 2.95. The molecule has 2 rings (SSSR count). The lowest BCUT2D eigenvalue weighted by atomic mass is 10.2. The Kier molecular flexibility index (Phi) is 2.98. The lowest BCUT2D eigenvalue weighted by Gasteiger charge is -2.12. The van der Waals surface area contributed by atoms with Crippen LogP contribution in [-0.2, 0) is 13.0 Å². The summed E-state index contributed by atoms with van der Waals surface area (Å²) in [6.07, 6.45) is 1.75. The average Bonchev–Trinajstić information content (AvgIpc) is 2.77. The van der Waals surface area contributed by atoms with Crippen LogP contribution in [0, 0.1) is 0 Å². The van der Waals surface area contributed by atoms with Crippen molar-refractivity contribution < 1.29 is 9.84 Å². The van der Waals surface area contributed by atoms with E-state index in [-0.39, 0.29) is 0 Å². The van der Waals surface area contributed by atoms with Gasteiger partial charge in [0.25, 0.3) is 0 Å². The van der Waals surface area contributed by atoms with Crippen molar-refractivity contribution in [3.05, 3.63) is 17.5 Å². The van der Waals surface area contributed by atoms with Crippen LogP contribution >= 0.6 is 0 Å². The third-order valence-corrected chi connectivity index (χ3v) is 2.95. The van der Waals surface area contributed by atoms with E-state index in [4.69, 9.17) is 4.74 Å². The Hall–Kier alpha value is -1.00. The Bertz CT molecular complexity index is 347. The number of nitrogens with one attached hydrogen (secondary N) is 1. The molecule has 1 aromatic rings. The Morgan fingerprint density at radius 2 is 2.47 bits per heavy atom. The van der Waals surface area contributed by atoms with Crippen LogP contribution in [0.25, 0.3) is 0 Å². The quantitative estimate of drug-likeness (QED) is 0.769. The van der Waals surface area contributed by atoms with E-state index in [1.807, 2.05) is 13.1 Å². The fourth-order valence-electron chi connectivity index (χ4n) is 2.26. The summed E-state index contributed by atoms with van der Waals surface area (Å²) in [7, 11) is 3.52. The van der Waals surface area contributed by atoms with E-state index >= 15 is 0 Å². The van der Waals surface area contributed by atoms with Gasteiger partial charge in [-0.3, -0.25) is 0 Å². The number of hydrogen-bond acceptors (Lipinski definition) is 3. The maximum absolute atomic E-state index is 9.95. The van der Waals surface area contributed by atoms with Crippen molar-refractivity contribution in [3.8, 4) is 5.75 Å². The van der Waals surface area contributed by atoms with Crippen LogP contribution in [0.4, 0.5) is 0 Å². The molecule has 1 aliphatic rings. The molecule has 0 aromatic carbocycles. The predicted molar refractivity (Wildman–Crippen MR) is 58.2 cm³/mol. The van der Waals surface area contributed by atoms with E-state index in [1.54, 1.807) is 7.11 Å². The Morgan fingerprint density at radius 3 is 3.13 bits per heavy atom. The average molecular weight is 210 g/mol. The summed E-state index contributed by atoms with van der Waals surface area (Å²) in [4.78, 5) is 0. The van der Waals surface area contributed by atoms with Gasteiger partial charge in [-0.2, -0.15) is 0 Å². The fourth-order valence-corrected chi connectivity index (χ4v) is 2.26. The number of aromatic nitrogens is 1. The van der Waals surface area contributed by atoms with Crippen LogP contribution in [0.2, 0.25) is 0 Å². The highest BCUT2D eigenvalue weighted by Gasteiger charge is 2.23. The first kappa shape index (κ1) is 10.5. The minimum absolute atomic E-state index is 0.448. The molecule has 0 fully saturated rings. The molecule has 2 heterocycles. The summed E-state index contributed by atoms with van der Waals surface area (Å²) in [5, 5.41) is 12.9. The second-order valence-electron chi connectivity index (χ2n) is 3.91. The van der Waals surface area contributed by atoms with E-state index in [0.29, 0.717) is 6.54 Å². The third kappa shape index (κ3) is 1.75. The maximum atomic E-state index is 9.95. The molecule has 0 amide bonds. The van der Waals surface area contributed by atoms with Crippen LogP contribution < -0.4 is 10.1 Å². The molecule has 0 radical (unpaired) electrons. The minimum atomic E-state index is -0.448. The minimum Gasteiger partial charge on any atom is -0.495 e. The molecular weight excluding hydrogens is 192 g/mol. The molecule has 15 heavy (non-hydrogen) atoms. The summed E-state index contributed by atoms with van der Waals surface area (Å²) in [6, 6.07) is 1.95. The van der Waals surface area contributed by atoms with Gasteiger partial charge in [-0.1, -0.05) is 0 Å². The van der Waals surface area contributed by atoms with Gasteiger partial charge in [0.2, 0.25) is 0 Å². The van der Waals surface area contributed by atoms with Gasteiger partial charge in [0, 0.05) is 19.2 Å². The highest BCUT2D eigenvalue weighted by Crippen LogP contribution is 2.32. The van der Waals surface area contributed by atoms with Gasteiger partial charge < -0.3 is 19.7 Å². The normalized spacial score (nSPS) is 16.5. The lowest BCUT2D eigenvalue weighted by Crippen LogP contribution is -2.19. The van der Waals surface area contributed by atoms with Gasteiger partial charge in [0.15, 0.2) is 0 Å². The van der Waals surface area contributed by atoms with Crippen molar-refractivity contribution in [2.45, 2.75) is 25.5 Å². The lowest BCUT2D eigenvalue weighted by molar-refractivity contribution is 0.168. The van der Waals surface area contributed by atoms with Crippen LogP contribution in [0.15, 0.2) is 6.07 Å². The maximum Gasteiger partial charge on any atom is 0.140 e. The second kappa shape index (κ2) is 4.24. The van der Waals surface area contributed by atoms with Crippen LogP contribution in [0.1, 0.15) is 23.9 Å². The second-order valence-corrected chi connectivity index (χ2v) is 3.91. The van der Waals surface area contributed by atoms with Crippen molar-refractivity contribution in [1.29, 1.82) is 0 Å². The Balaban J connectivity index is 2.31. The van der Waals surface area contributed by atoms with Crippen molar-refractivity contribution >= 4 is 0 Å². The van der Waals surface area contributed by atoms with Crippen LogP contribution in [0.3, 0.4) is 0 Å². The molecule has 4 heteroatoms. The number of hydrogen-bond donors (Lipinski definition) is 2. The first-order valence-electron chi connectivity index (χ1n) is 5.37. The number of ether oxygens (including phenoxy) is 1. The molecule has 1 unspecified atom stereocenters. The molecule has 1 aromatic heterocycles. The molecule has 4 nitrogen and oxygen atoms in total. The molecule has 0 saturated carbocycles. The van der Waals surface area contributed by atoms with E-state index in [1.165, 1.54) is 5.69 Å². The van der Waals surface area contributed by atoms with Crippen molar-refractivity contribution in [1.82, 2.24) is 9.88 Å². The molecule has 0 bridgehead atoms. The number of nitrogens with zero attached hydrogens (tertiary/aromatic N) is 1. The Labute approximate surface area is 89.9 Å². The molecule has 84 valence electrons. The first-order chi connectivity index (χ1) is 7.27. The van der Waals surface area contributed by atoms with Crippen molar-refractivity contribution in [2.24, 2.45) is 0 Å². The molecule has 1 aliphatic heterocycles. The Morgan fingerprint density at radius 1 is 1.67 bits per heavy atom. The molecule has 0 aliphatic carbocycles. The fraction of sp³-hybridized carbons (Fsp3) is 0.636. The number of aliphatic hydroxyl groups is 1. The topological polar surface area (TPSA) is 46.4 Å². The molecule has 2 N–H and O–H groups in total. The van der Waals surface area contributed by atoms with Gasteiger partial charge >= 0.3 is 0 Å². The van der Waals surface area contributed by atoms with E-state index < -0.39 is 6.10 Å². The van der Waals surface area contributed by atoms with Gasteiger partial charge in [0.05, 0.1) is 18.5 Å². The van der Waals surface area contributed by atoms with E-state index in [9.17, 15) is 5.11 Å². The zero-order valence-electron chi connectivity index (χ0n) is 9.29. The monoisotopic (exact) mass is 210 g/mol. The predicted octanol–water partition coefficient (Wildman–Crippen LogP) is 0.696. The summed E-state index contributed by atoms with van der Waals surface area (Å²) >= 11 is 0. The van der Waals surface area contributed by atoms with Crippen molar-refractivity contribution in [2.75, 3.05) is 20.7 Å². The number of fused-ring (bicyclic) bond motifs is 1. The smallest absolute Gasteiger partial charge is 0.140 e. The largest absolute Gasteiger partial charge is 0.495 e. The summed E-state index contributed by atoms with van der Waals surface area (Å²) in [5.41, 5.74) is 2.19. The van der Waals surface area contributed by atoms with E-state index in [2.05, 4.69) is 9.88 Å². The number of aliphatic hydroxyl groups excluding tert-OH is 1. The van der Waals surface area contributed by atoms with Crippen LogP contribution in [0.5, 0.6) is 5.75 Å².